The van der Waals surface area contributed by atoms with Gasteiger partial charge in [0.05, 0.1) is 26.4 Å². The molecule has 3 N–H and O–H groups in total. The highest BCUT2D eigenvalue weighted by molar-refractivity contribution is 5.84. The number of rotatable bonds is 7. The van der Waals surface area contributed by atoms with Crippen molar-refractivity contribution in [3.8, 4) is 0 Å². The molecule has 0 bridgehead atoms. The zero-order valence-corrected chi connectivity index (χ0v) is 10.4. The third-order valence-electron chi connectivity index (χ3n) is 1.88. The lowest BCUT2D eigenvalue weighted by molar-refractivity contribution is 0.0836. The maximum absolute atomic E-state index is 8.54. The molecule has 5 heteroatoms. The van der Waals surface area contributed by atoms with Crippen LogP contribution in [0.1, 0.15) is 20.8 Å². The number of amidine groups is 1. The molecule has 0 aromatic carbocycles. The van der Waals surface area contributed by atoms with Crippen LogP contribution in [-0.4, -0.2) is 42.3 Å². The Kier molecular flexibility index (Phi) is 8.80. The van der Waals surface area contributed by atoms with Gasteiger partial charge in [0.1, 0.15) is 5.84 Å². The Labute approximate surface area is 97.6 Å². The molecule has 0 aromatic heterocycles. The number of allylic oxidation sites excluding steroid dienone is 1. The summed E-state index contributed by atoms with van der Waals surface area (Å²) in [6.45, 7) is 7.42. The minimum absolute atomic E-state index is 0.0360. The number of hydrogen-bond acceptors (Lipinski definition) is 4. The van der Waals surface area contributed by atoms with Crippen molar-refractivity contribution in [2.75, 3.05) is 26.4 Å². The fourth-order valence-electron chi connectivity index (χ4n) is 1.15. The van der Waals surface area contributed by atoms with Gasteiger partial charge in [0, 0.05) is 12.1 Å². The Balaban J connectivity index is 4.12. The second kappa shape index (κ2) is 9.33. The Morgan fingerprint density at radius 3 is 2.69 bits per heavy atom. The smallest absolute Gasteiger partial charge is 0.121 e. The summed E-state index contributed by atoms with van der Waals surface area (Å²) in [7, 11) is 0. The van der Waals surface area contributed by atoms with Crippen LogP contribution in [0.25, 0.3) is 0 Å². The maximum Gasteiger partial charge on any atom is 0.121 e. The van der Waals surface area contributed by atoms with E-state index in [2.05, 4.69) is 4.99 Å². The number of aliphatic hydroxyl groups excluding tert-OH is 1. The second-order valence-corrected chi connectivity index (χ2v) is 3.65. The van der Waals surface area contributed by atoms with Gasteiger partial charge in [0.2, 0.25) is 0 Å². The fourth-order valence-corrected chi connectivity index (χ4v) is 1.15. The fraction of sp³-hybridized carbons (Fsp3) is 0.727. The first-order valence-electron chi connectivity index (χ1n) is 5.53. The van der Waals surface area contributed by atoms with Gasteiger partial charge >= 0.3 is 0 Å². The average molecular weight is 229 g/mol. The molecule has 0 radical (unpaired) electrons. The van der Waals surface area contributed by atoms with E-state index in [-0.39, 0.29) is 12.5 Å². The van der Waals surface area contributed by atoms with E-state index in [1.165, 1.54) is 0 Å². The van der Waals surface area contributed by atoms with Crippen molar-refractivity contribution in [3.63, 3.8) is 0 Å². The Bertz CT molecular complexity index is 227. The summed E-state index contributed by atoms with van der Waals surface area (Å²) in [5.41, 5.74) is 0. The van der Waals surface area contributed by atoms with Crippen LogP contribution < -0.4 is 5.84 Å². The summed E-state index contributed by atoms with van der Waals surface area (Å²) in [4.78, 5) is 4.27. The number of hydrazine groups is 1. The molecule has 5 nitrogen and oxygen atoms in total. The van der Waals surface area contributed by atoms with Gasteiger partial charge in [-0.2, -0.15) is 0 Å². The monoisotopic (exact) mass is 229 g/mol. The molecular weight excluding hydrogens is 206 g/mol. The first kappa shape index (κ1) is 15.1. The van der Waals surface area contributed by atoms with Gasteiger partial charge in [-0.3, -0.25) is 5.01 Å². The van der Waals surface area contributed by atoms with Crippen LogP contribution in [0.5, 0.6) is 0 Å². The molecule has 0 atom stereocenters. The molecule has 0 aliphatic rings. The van der Waals surface area contributed by atoms with Crippen LogP contribution >= 0.6 is 0 Å². The average Bonchev–Trinajstić information content (AvgIpc) is 2.24. The van der Waals surface area contributed by atoms with Crippen LogP contribution in [-0.2, 0) is 4.74 Å². The van der Waals surface area contributed by atoms with Gasteiger partial charge in [0.15, 0.2) is 0 Å². The zero-order valence-electron chi connectivity index (χ0n) is 10.4. The van der Waals surface area contributed by atoms with Crippen molar-refractivity contribution in [2.24, 2.45) is 16.8 Å². The van der Waals surface area contributed by atoms with Crippen LogP contribution in [0.15, 0.2) is 17.3 Å². The minimum Gasteiger partial charge on any atom is -0.394 e. The first-order valence-corrected chi connectivity index (χ1v) is 5.53. The van der Waals surface area contributed by atoms with E-state index < -0.39 is 0 Å². The summed E-state index contributed by atoms with van der Waals surface area (Å²) in [5.74, 6) is 6.96. The lowest BCUT2D eigenvalue weighted by atomic mass is 10.2. The van der Waals surface area contributed by atoms with Crippen LogP contribution in [0.2, 0.25) is 0 Å². The highest BCUT2D eigenvalue weighted by atomic mass is 16.5. The molecule has 0 saturated carbocycles. The van der Waals surface area contributed by atoms with Gasteiger partial charge in [-0.1, -0.05) is 19.9 Å². The molecule has 0 unspecified atom stereocenters. The molecule has 0 amide bonds. The maximum atomic E-state index is 8.54. The second-order valence-electron chi connectivity index (χ2n) is 3.65. The third kappa shape index (κ3) is 6.55. The van der Waals surface area contributed by atoms with E-state index >= 15 is 0 Å². The van der Waals surface area contributed by atoms with E-state index in [9.17, 15) is 0 Å². The topological polar surface area (TPSA) is 71.1 Å². The quantitative estimate of drug-likeness (QED) is 0.222. The summed E-state index contributed by atoms with van der Waals surface area (Å²) in [6.07, 6.45) is 3.59. The van der Waals surface area contributed by atoms with Gasteiger partial charge < -0.3 is 9.84 Å². The Hall–Kier alpha value is -0.910. The first-order chi connectivity index (χ1) is 7.63. The van der Waals surface area contributed by atoms with Gasteiger partial charge in [-0.05, 0) is 6.92 Å². The summed E-state index contributed by atoms with van der Waals surface area (Å²) in [5, 5.41) is 10.1. The third-order valence-corrected chi connectivity index (χ3v) is 1.88. The molecular formula is C11H23N3O2. The van der Waals surface area contributed by atoms with Gasteiger partial charge in [-0.15, -0.1) is 0 Å². The molecule has 0 rings (SSSR count). The standard InChI is InChI=1S/C11H23N3O2/c1-4-5-13-11(10(2)3)14(12)6-8-16-9-7-15/h4-5,10,15H,6-9,12H2,1-3H3/b5-4-,13-11-. The van der Waals surface area contributed by atoms with Crippen molar-refractivity contribution in [3.05, 3.63) is 12.3 Å². The molecule has 0 fully saturated rings. The van der Waals surface area contributed by atoms with Crippen molar-refractivity contribution < 1.29 is 9.84 Å². The molecule has 0 saturated heterocycles. The number of aliphatic hydroxyl groups is 1. The van der Waals surface area contributed by atoms with Crippen molar-refractivity contribution in [2.45, 2.75) is 20.8 Å². The lowest BCUT2D eigenvalue weighted by Gasteiger charge is -2.22. The molecule has 16 heavy (non-hydrogen) atoms. The molecule has 0 aliphatic heterocycles. The Morgan fingerprint density at radius 2 is 2.19 bits per heavy atom. The summed E-state index contributed by atoms with van der Waals surface area (Å²) in [6, 6.07) is 0. The van der Waals surface area contributed by atoms with E-state index in [0.717, 1.165) is 5.84 Å². The molecule has 0 aromatic rings. The molecule has 94 valence electrons. The Morgan fingerprint density at radius 1 is 1.50 bits per heavy atom. The SMILES string of the molecule is C/C=C\N=C(\C(C)C)N(N)CCOCCO. The van der Waals surface area contributed by atoms with E-state index in [1.54, 1.807) is 11.2 Å². The van der Waals surface area contributed by atoms with Crippen LogP contribution in [0, 0.1) is 5.92 Å². The number of aliphatic imine (C=N–C) groups is 1. The minimum atomic E-state index is 0.0360. The van der Waals surface area contributed by atoms with E-state index in [4.69, 9.17) is 15.7 Å². The van der Waals surface area contributed by atoms with Crippen LogP contribution in [0.4, 0.5) is 0 Å². The molecule has 0 aliphatic carbocycles. The van der Waals surface area contributed by atoms with Gasteiger partial charge in [-0.25, -0.2) is 10.8 Å². The number of ether oxygens (including phenoxy) is 1. The van der Waals surface area contributed by atoms with E-state index in [1.807, 2.05) is 26.8 Å². The van der Waals surface area contributed by atoms with Crippen LogP contribution in [0.3, 0.4) is 0 Å². The predicted molar refractivity (Wildman–Crippen MR) is 65.9 cm³/mol. The lowest BCUT2D eigenvalue weighted by Crippen LogP contribution is -2.42. The van der Waals surface area contributed by atoms with Crippen molar-refractivity contribution in [1.29, 1.82) is 0 Å². The number of hydrogen-bond donors (Lipinski definition) is 2. The normalized spacial score (nSPS) is 12.8. The van der Waals surface area contributed by atoms with E-state index in [0.29, 0.717) is 19.8 Å². The van der Waals surface area contributed by atoms with Crippen molar-refractivity contribution in [1.82, 2.24) is 5.01 Å². The highest BCUT2D eigenvalue weighted by Crippen LogP contribution is 2.01. The number of nitrogens with zero attached hydrogens (tertiary/aromatic N) is 2. The summed E-state index contributed by atoms with van der Waals surface area (Å²) >= 11 is 0. The highest BCUT2D eigenvalue weighted by Gasteiger charge is 2.10. The number of nitrogens with two attached hydrogens (primary N) is 1. The molecule has 0 spiro atoms. The zero-order chi connectivity index (χ0) is 12.4. The summed E-state index contributed by atoms with van der Waals surface area (Å²) < 4.78 is 5.14. The largest absolute Gasteiger partial charge is 0.394 e. The van der Waals surface area contributed by atoms with Gasteiger partial charge in [0.25, 0.3) is 0 Å². The predicted octanol–water partition coefficient (Wildman–Crippen LogP) is 0.759. The molecule has 0 heterocycles. The van der Waals surface area contributed by atoms with Crippen molar-refractivity contribution >= 4 is 5.84 Å².